The van der Waals surface area contributed by atoms with Crippen LogP contribution in [0.15, 0.2) is 6.20 Å². The molecule has 0 atom stereocenters. The van der Waals surface area contributed by atoms with Crippen molar-refractivity contribution >= 4 is 22.0 Å². The van der Waals surface area contributed by atoms with Crippen LogP contribution in [0.2, 0.25) is 0 Å². The van der Waals surface area contributed by atoms with Crippen LogP contribution in [-0.4, -0.2) is 34.6 Å². The minimum absolute atomic E-state index is 0.706. The van der Waals surface area contributed by atoms with Gasteiger partial charge < -0.3 is 0 Å². The third-order valence-electron chi connectivity index (χ3n) is 1.16. The Morgan fingerprint density at radius 1 is 1.78 bits per heavy atom. The summed E-state index contributed by atoms with van der Waals surface area (Å²) in [6.07, 6.45) is 1.92. The first-order chi connectivity index (χ1) is 4.24. The van der Waals surface area contributed by atoms with E-state index in [1.807, 2.05) is 31.0 Å². The molecule has 0 aliphatic heterocycles. The van der Waals surface area contributed by atoms with E-state index in [1.165, 1.54) is 0 Å². The molecule has 0 saturated carbocycles. The van der Waals surface area contributed by atoms with Crippen LogP contribution in [0.25, 0.3) is 0 Å². The molecule has 1 aromatic rings. The van der Waals surface area contributed by atoms with Crippen LogP contribution >= 0.6 is 0 Å². The number of aryl methyl sites for hydroxylation is 1. The van der Waals surface area contributed by atoms with E-state index in [4.69, 9.17) is 4.74 Å². The number of rotatable bonds is 1. The van der Waals surface area contributed by atoms with E-state index in [1.54, 1.807) is 11.8 Å². The Hall–Kier alpha value is -0.393. The van der Waals surface area contributed by atoms with Crippen molar-refractivity contribution in [1.29, 1.82) is 0 Å². The summed E-state index contributed by atoms with van der Waals surface area (Å²) in [5.41, 5.74) is 0. The first kappa shape index (κ1) is 6.72. The molecule has 0 radical (unpaired) electrons. The molecule has 0 unspecified atom stereocenters. The maximum atomic E-state index is 4.93. The molecule has 1 rings (SSSR count). The molecule has 0 aliphatic carbocycles. The molecule has 1 heterocycles. The van der Waals surface area contributed by atoms with Crippen molar-refractivity contribution in [2.45, 2.75) is 0 Å². The van der Waals surface area contributed by atoms with Gasteiger partial charge in [0.15, 0.2) is 0 Å². The molecular formula is C5H7LiN2O. The molecule has 0 fully saturated rings. The van der Waals surface area contributed by atoms with Crippen molar-refractivity contribution in [3.8, 4) is 5.88 Å². The zero-order chi connectivity index (χ0) is 6.85. The second-order valence-electron chi connectivity index (χ2n) is 2.00. The van der Waals surface area contributed by atoms with Gasteiger partial charge in [-0.2, -0.15) is 0 Å². The van der Waals surface area contributed by atoms with Crippen LogP contribution in [0, 0.1) is 0 Å². The normalized spacial score (nSPS) is 9.78. The van der Waals surface area contributed by atoms with E-state index >= 15 is 0 Å². The molecule has 44 valence electrons. The Labute approximate surface area is 63.2 Å². The van der Waals surface area contributed by atoms with Gasteiger partial charge in [-0.05, 0) is 0 Å². The summed E-state index contributed by atoms with van der Waals surface area (Å²) in [4.78, 5) is 0. The Kier molecular flexibility index (Phi) is 1.84. The van der Waals surface area contributed by atoms with Crippen molar-refractivity contribution in [2.24, 2.45) is 7.05 Å². The van der Waals surface area contributed by atoms with Gasteiger partial charge in [0.25, 0.3) is 0 Å². The minimum atomic E-state index is 0.706. The topological polar surface area (TPSA) is 27.1 Å². The van der Waals surface area contributed by atoms with Crippen LogP contribution in [0.5, 0.6) is 5.88 Å². The molecule has 0 amide bonds. The number of ether oxygens (including phenoxy) is 1. The average molecular weight is 118 g/mol. The summed E-state index contributed by atoms with van der Waals surface area (Å²) in [6, 6.07) is 0. The summed E-state index contributed by atoms with van der Waals surface area (Å²) >= 11 is 1.96. The summed E-state index contributed by atoms with van der Waals surface area (Å²) in [5.74, 6) is 0.706. The standard InChI is InChI=1S/C5H7N2O.Li/c1-7-4-3-5(6-7)8-2;/h4H,1-2H3;. The van der Waals surface area contributed by atoms with Gasteiger partial charge in [0.2, 0.25) is 0 Å². The quantitative estimate of drug-likeness (QED) is 0.452. The molecule has 0 aliphatic rings. The molecule has 3 nitrogen and oxygen atoms in total. The zero-order valence-electron chi connectivity index (χ0n) is 5.88. The predicted octanol–water partition coefficient (Wildman–Crippen LogP) is -0.778. The van der Waals surface area contributed by atoms with Gasteiger partial charge in [-0.15, -0.1) is 0 Å². The van der Waals surface area contributed by atoms with Crippen LogP contribution in [-0.2, 0) is 7.05 Å². The Morgan fingerprint density at radius 3 is 2.67 bits per heavy atom. The SMILES string of the molecule is [Li][c]1cn(C)nc1OC. The molecule has 0 aromatic carbocycles. The molecule has 0 N–H and O–H groups in total. The van der Waals surface area contributed by atoms with Gasteiger partial charge in [-0.25, -0.2) is 0 Å². The van der Waals surface area contributed by atoms with Crippen molar-refractivity contribution in [3.05, 3.63) is 6.20 Å². The molecule has 4 heteroatoms. The Balaban J connectivity index is 3.01. The fourth-order valence-corrected chi connectivity index (χ4v) is 0.788. The number of hydrogen-bond acceptors (Lipinski definition) is 2. The Bertz CT molecular complexity index is 209. The first-order valence-electron chi connectivity index (χ1n) is 2.78. The molecule has 1 aromatic heterocycles. The van der Waals surface area contributed by atoms with Crippen molar-refractivity contribution in [2.75, 3.05) is 7.11 Å². The summed E-state index contributed by atoms with van der Waals surface area (Å²) < 4.78 is 7.73. The summed E-state index contributed by atoms with van der Waals surface area (Å²) in [5, 5.41) is 4.02. The molecular weight excluding hydrogens is 111 g/mol. The zero-order valence-corrected chi connectivity index (χ0v) is 5.88. The van der Waals surface area contributed by atoms with Crippen LogP contribution < -0.4 is 8.97 Å². The van der Waals surface area contributed by atoms with E-state index < -0.39 is 0 Å². The van der Waals surface area contributed by atoms with Gasteiger partial charge in [0, 0.05) is 0 Å². The third kappa shape index (κ3) is 1.29. The van der Waals surface area contributed by atoms with E-state index in [9.17, 15) is 0 Å². The number of nitrogens with zero attached hydrogens (tertiary/aromatic N) is 2. The van der Waals surface area contributed by atoms with Crippen LogP contribution in [0.3, 0.4) is 0 Å². The number of methoxy groups -OCH3 is 1. The van der Waals surface area contributed by atoms with Gasteiger partial charge in [0.05, 0.1) is 0 Å². The third-order valence-corrected chi connectivity index (χ3v) is 1.16. The molecule has 0 bridgehead atoms. The second kappa shape index (κ2) is 2.47. The van der Waals surface area contributed by atoms with Crippen molar-refractivity contribution < 1.29 is 4.74 Å². The number of hydrogen-bond donors (Lipinski definition) is 0. The average Bonchev–Trinajstić information content (AvgIpc) is 2.10. The van der Waals surface area contributed by atoms with Crippen LogP contribution in [0.1, 0.15) is 0 Å². The van der Waals surface area contributed by atoms with Crippen molar-refractivity contribution in [1.82, 2.24) is 9.78 Å². The van der Waals surface area contributed by atoms with E-state index in [-0.39, 0.29) is 0 Å². The summed E-state index contributed by atoms with van der Waals surface area (Å²) in [7, 11) is 3.49. The maximum absolute atomic E-state index is 4.93. The monoisotopic (exact) mass is 118 g/mol. The predicted molar refractivity (Wildman–Crippen MR) is 35.1 cm³/mol. The fourth-order valence-electron chi connectivity index (χ4n) is 0.788. The molecule has 0 spiro atoms. The van der Waals surface area contributed by atoms with Crippen LogP contribution in [0.4, 0.5) is 0 Å². The van der Waals surface area contributed by atoms with E-state index in [2.05, 4.69) is 5.10 Å². The van der Waals surface area contributed by atoms with Gasteiger partial charge in [-0.3, -0.25) is 0 Å². The van der Waals surface area contributed by atoms with Gasteiger partial charge in [0.1, 0.15) is 0 Å². The molecule has 9 heavy (non-hydrogen) atoms. The number of aromatic nitrogens is 2. The fraction of sp³-hybridized carbons (Fsp3) is 0.400. The second-order valence-corrected chi connectivity index (χ2v) is 2.00. The Morgan fingerprint density at radius 2 is 2.44 bits per heavy atom. The first-order valence-corrected chi connectivity index (χ1v) is 2.78. The van der Waals surface area contributed by atoms with E-state index in [0.717, 1.165) is 4.24 Å². The van der Waals surface area contributed by atoms with Gasteiger partial charge >= 0.3 is 62.7 Å². The molecule has 0 saturated heterocycles. The van der Waals surface area contributed by atoms with E-state index in [0.29, 0.717) is 5.88 Å². The van der Waals surface area contributed by atoms with Crippen molar-refractivity contribution in [3.63, 3.8) is 0 Å². The summed E-state index contributed by atoms with van der Waals surface area (Å²) in [6.45, 7) is 0. The van der Waals surface area contributed by atoms with Gasteiger partial charge in [-0.1, -0.05) is 0 Å².